The molecule has 0 saturated carbocycles. The molecule has 0 atom stereocenters. The summed E-state index contributed by atoms with van der Waals surface area (Å²) >= 11 is -1.57. The van der Waals surface area contributed by atoms with Crippen molar-refractivity contribution in [2.24, 2.45) is 0 Å². The molecule has 0 nitrogen and oxygen atoms in total. The molecule has 0 heterocycles. The van der Waals surface area contributed by atoms with Crippen LogP contribution in [0.15, 0.2) is 60.7 Å². The molecule has 0 aliphatic rings. The Kier molecular flexibility index (Phi) is 12.3. The molecule has 0 amide bonds. The predicted octanol–water partition coefficient (Wildman–Crippen LogP) is 4.38. The number of benzene rings is 2. The predicted molar refractivity (Wildman–Crippen MR) is 78.0 cm³/mol. The summed E-state index contributed by atoms with van der Waals surface area (Å²) in [4.78, 5) is 0. The monoisotopic (exact) mass is 453 g/mol. The normalized spacial score (nSPS) is 9.61. The van der Waals surface area contributed by atoms with Gasteiger partial charge >= 0.3 is 42.3 Å². The largest absolute Gasteiger partial charge is 0.0622 e. The molecule has 6 heteroatoms. The van der Waals surface area contributed by atoms with Crippen LogP contribution < -0.4 is 10.6 Å². The van der Waals surface area contributed by atoms with Crippen molar-refractivity contribution in [3.63, 3.8) is 0 Å². The summed E-state index contributed by atoms with van der Waals surface area (Å²) in [6, 6.07) is 21.2. The maximum Gasteiger partial charge on any atom is 0 e. The van der Waals surface area contributed by atoms with Crippen molar-refractivity contribution in [2.45, 2.75) is 0 Å². The Labute approximate surface area is 138 Å². The van der Waals surface area contributed by atoms with Gasteiger partial charge in [-0.2, -0.15) is 0 Å². The summed E-state index contributed by atoms with van der Waals surface area (Å²) in [5.41, 5.74) is 0. The first-order chi connectivity index (χ1) is 8.18. The van der Waals surface area contributed by atoms with Crippen LogP contribution in [0, 0.1) is 0 Å². The Morgan fingerprint density at radius 3 is 1.22 bits per heavy atom. The Morgan fingerprint density at radius 1 is 0.667 bits per heavy atom. The van der Waals surface area contributed by atoms with Crippen molar-refractivity contribution in [1.29, 1.82) is 0 Å². The van der Waals surface area contributed by atoms with E-state index in [1.807, 2.05) is 0 Å². The standard InChI is InChI=1S/C12H11P.3ClH.Fe.Pd/c1-3-7-11(8-4-1)13-12-9-5-2-6-10-12;;;;;/h1-10,13H;3*1H;;/q;;;;;+3/p-3. The van der Waals surface area contributed by atoms with E-state index in [4.69, 9.17) is 28.6 Å². The van der Waals surface area contributed by atoms with E-state index < -0.39 is 13.7 Å². The third-order valence-corrected chi connectivity index (χ3v) is 3.08. The minimum Gasteiger partial charge on any atom is -0.0622 e. The second kappa shape index (κ2) is 11.7. The molecule has 0 fully saturated rings. The molecule has 103 valence electrons. The topological polar surface area (TPSA) is 0 Å². The fraction of sp³-hybridized carbons (Fsp3) is 0. The first-order valence-corrected chi connectivity index (χ1v) is 11.7. The first-order valence-electron chi connectivity index (χ1n) is 4.68. The van der Waals surface area contributed by atoms with Gasteiger partial charge < -0.3 is 0 Å². The van der Waals surface area contributed by atoms with Crippen LogP contribution in [0.2, 0.25) is 0 Å². The molecular formula is C12H11Cl3FePPd. The van der Waals surface area contributed by atoms with Crippen molar-refractivity contribution >= 4 is 47.8 Å². The van der Waals surface area contributed by atoms with Gasteiger partial charge in [-0.3, -0.25) is 0 Å². The van der Waals surface area contributed by atoms with Crippen LogP contribution in [0.4, 0.5) is 0 Å². The van der Waals surface area contributed by atoms with Crippen LogP contribution in [0.25, 0.3) is 0 Å². The van der Waals surface area contributed by atoms with E-state index in [9.17, 15) is 0 Å². The van der Waals surface area contributed by atoms with Crippen molar-refractivity contribution in [1.82, 2.24) is 0 Å². The maximum atomic E-state index is 4.92. The van der Waals surface area contributed by atoms with E-state index in [2.05, 4.69) is 60.7 Å². The van der Waals surface area contributed by atoms with E-state index in [1.54, 1.807) is 0 Å². The van der Waals surface area contributed by atoms with E-state index in [0.29, 0.717) is 0 Å². The summed E-state index contributed by atoms with van der Waals surface area (Å²) in [5.74, 6) is 0. The summed E-state index contributed by atoms with van der Waals surface area (Å²) in [6.07, 6.45) is 0. The maximum absolute atomic E-state index is 4.92. The zero-order valence-corrected chi connectivity index (χ0v) is 15.0. The van der Waals surface area contributed by atoms with Crippen LogP contribution in [0.1, 0.15) is 0 Å². The smallest absolute Gasteiger partial charge is 0 e. The Balaban J connectivity index is 0.000000512. The van der Waals surface area contributed by atoms with Gasteiger partial charge in [-0.1, -0.05) is 69.2 Å². The van der Waals surface area contributed by atoms with Crippen LogP contribution in [-0.2, 0) is 30.8 Å². The van der Waals surface area contributed by atoms with Crippen LogP contribution >= 0.6 is 37.2 Å². The molecule has 0 bridgehead atoms. The summed E-state index contributed by atoms with van der Waals surface area (Å²) in [6.45, 7) is 0. The number of halogens is 3. The molecule has 0 radical (unpaired) electrons. The fourth-order valence-corrected chi connectivity index (χ4v) is 2.26. The van der Waals surface area contributed by atoms with Gasteiger partial charge in [0.25, 0.3) is 0 Å². The molecule has 2 aromatic rings. The van der Waals surface area contributed by atoms with Gasteiger partial charge in [-0.15, -0.1) is 0 Å². The number of hydrogen-bond acceptors (Lipinski definition) is 0. The first kappa shape index (κ1) is 18.9. The molecular weight excluding hydrogens is 444 g/mol. The van der Waals surface area contributed by atoms with Crippen molar-refractivity contribution in [2.75, 3.05) is 0 Å². The number of hydrogen-bond donors (Lipinski definition) is 0. The van der Waals surface area contributed by atoms with Gasteiger partial charge in [0.1, 0.15) is 0 Å². The van der Waals surface area contributed by atoms with Crippen LogP contribution in [0.3, 0.4) is 0 Å². The van der Waals surface area contributed by atoms with Gasteiger partial charge in [0, 0.05) is 17.1 Å². The summed E-state index contributed by atoms with van der Waals surface area (Å²) < 4.78 is 0. The van der Waals surface area contributed by atoms with Gasteiger partial charge in [-0.25, -0.2) is 0 Å². The molecule has 0 aliphatic heterocycles. The molecule has 0 N–H and O–H groups in total. The average molecular weight is 455 g/mol. The third kappa shape index (κ3) is 9.80. The van der Waals surface area contributed by atoms with E-state index in [1.165, 1.54) is 10.6 Å². The Bertz CT molecular complexity index is 374. The molecule has 0 aliphatic carbocycles. The second-order valence-corrected chi connectivity index (χ2v) is 11.5. The van der Waals surface area contributed by atoms with Gasteiger partial charge in [0.2, 0.25) is 0 Å². The molecule has 2 rings (SSSR count). The molecule has 0 aromatic heterocycles. The van der Waals surface area contributed by atoms with Gasteiger partial charge in [0.15, 0.2) is 0 Å². The molecule has 18 heavy (non-hydrogen) atoms. The second-order valence-electron chi connectivity index (χ2n) is 2.99. The van der Waals surface area contributed by atoms with Crippen molar-refractivity contribution < 1.29 is 30.8 Å². The minimum atomic E-state index is -1.57. The molecule has 0 unspecified atom stereocenters. The van der Waals surface area contributed by atoms with Crippen molar-refractivity contribution in [3.8, 4) is 0 Å². The van der Waals surface area contributed by atoms with Gasteiger partial charge in [0.05, 0.1) is 0 Å². The zero-order valence-electron chi connectivity index (χ0n) is 9.08. The van der Waals surface area contributed by atoms with E-state index in [0.717, 1.165) is 8.58 Å². The summed E-state index contributed by atoms with van der Waals surface area (Å²) in [5, 5.41) is 2.79. The van der Waals surface area contributed by atoms with E-state index >= 15 is 0 Å². The fourth-order valence-electron chi connectivity index (χ4n) is 1.21. The summed E-state index contributed by atoms with van der Waals surface area (Å²) in [7, 11) is 15.5. The van der Waals surface area contributed by atoms with Crippen molar-refractivity contribution in [3.05, 3.63) is 60.7 Å². The average Bonchev–Trinajstić information content (AvgIpc) is 2.31. The SMILES string of the molecule is [Cl][Pd]([Cl])[Cl].[Fe].c1ccc(Pc2ccccc2)cc1. The molecule has 2 aromatic carbocycles. The quantitative estimate of drug-likeness (QED) is 0.467. The zero-order chi connectivity index (χ0) is 12.5. The van der Waals surface area contributed by atoms with Crippen LogP contribution in [-0.4, -0.2) is 0 Å². The number of rotatable bonds is 2. The molecule has 0 spiro atoms. The Morgan fingerprint density at radius 2 is 0.944 bits per heavy atom. The Hall–Kier alpha value is 0.922. The van der Waals surface area contributed by atoms with Crippen LogP contribution in [0.5, 0.6) is 0 Å². The van der Waals surface area contributed by atoms with E-state index in [-0.39, 0.29) is 17.1 Å². The minimum absolute atomic E-state index is 0. The molecule has 0 saturated heterocycles. The van der Waals surface area contributed by atoms with Gasteiger partial charge in [-0.05, 0) is 10.6 Å². The third-order valence-electron chi connectivity index (χ3n) is 1.84.